The van der Waals surface area contributed by atoms with Gasteiger partial charge >= 0.3 is 6.18 Å². The van der Waals surface area contributed by atoms with E-state index in [1.54, 1.807) is 31.3 Å². The highest BCUT2D eigenvalue weighted by atomic mass is 19.4. The fourth-order valence-corrected chi connectivity index (χ4v) is 3.06. The Labute approximate surface area is 160 Å². The zero-order valence-corrected chi connectivity index (χ0v) is 15.4. The number of benzene rings is 2. The average Bonchev–Trinajstić information content (AvgIpc) is 2.66. The summed E-state index contributed by atoms with van der Waals surface area (Å²) in [6.07, 6.45) is -5.29. The number of para-hydroxylation sites is 2. The first-order valence-corrected chi connectivity index (χ1v) is 8.61. The van der Waals surface area contributed by atoms with Crippen LogP contribution in [0.1, 0.15) is 18.1 Å². The van der Waals surface area contributed by atoms with Crippen LogP contribution in [0.25, 0.3) is 0 Å². The normalized spacial score (nSPS) is 16.2. The van der Waals surface area contributed by atoms with Crippen molar-refractivity contribution in [2.45, 2.75) is 25.7 Å². The van der Waals surface area contributed by atoms with E-state index >= 15 is 0 Å². The van der Waals surface area contributed by atoms with Crippen LogP contribution in [-0.4, -0.2) is 36.4 Å². The molecule has 0 radical (unpaired) electrons. The van der Waals surface area contributed by atoms with Crippen LogP contribution < -0.4 is 9.64 Å². The number of nitrogens with zero attached hydrogens (tertiary/aromatic N) is 2. The fourth-order valence-electron chi connectivity index (χ4n) is 3.06. The smallest absolute Gasteiger partial charge is 0.416 e. The number of carbonyl (C=O) groups is 2. The number of hydrogen-bond acceptors (Lipinski definition) is 3. The van der Waals surface area contributed by atoms with Crippen molar-refractivity contribution in [1.29, 1.82) is 0 Å². The third-order valence-corrected chi connectivity index (χ3v) is 4.51. The Morgan fingerprint density at radius 1 is 1.14 bits per heavy atom. The van der Waals surface area contributed by atoms with Gasteiger partial charge in [-0.1, -0.05) is 24.3 Å². The number of amides is 2. The minimum absolute atomic E-state index is 0.0720. The molecule has 0 aliphatic carbocycles. The standard InChI is InChI=1S/C20H19F3N2O3/c1-13(26)25-12-18(28-17-6-4-3-5-16(17)25)19(27)24(2)11-14-7-9-15(10-8-14)20(21,22)23/h3-10,18H,11-12H2,1-2H3. The monoisotopic (exact) mass is 392 g/mol. The van der Waals surface area contributed by atoms with Crippen molar-refractivity contribution < 1.29 is 27.5 Å². The van der Waals surface area contributed by atoms with E-state index in [1.165, 1.54) is 28.9 Å². The Morgan fingerprint density at radius 2 is 1.79 bits per heavy atom. The number of halogens is 3. The van der Waals surface area contributed by atoms with E-state index in [0.717, 1.165) is 12.1 Å². The Morgan fingerprint density at radius 3 is 2.39 bits per heavy atom. The second-order valence-corrected chi connectivity index (χ2v) is 6.59. The Bertz CT molecular complexity index is 881. The van der Waals surface area contributed by atoms with E-state index in [2.05, 4.69) is 0 Å². The van der Waals surface area contributed by atoms with E-state index in [0.29, 0.717) is 17.0 Å². The fraction of sp³-hybridized carbons (Fsp3) is 0.300. The van der Waals surface area contributed by atoms with Gasteiger partial charge in [-0.15, -0.1) is 0 Å². The lowest BCUT2D eigenvalue weighted by Crippen LogP contribution is -2.50. The molecule has 1 heterocycles. The average molecular weight is 392 g/mol. The molecule has 0 aromatic heterocycles. The lowest BCUT2D eigenvalue weighted by Gasteiger charge is -2.35. The van der Waals surface area contributed by atoms with Crippen LogP contribution in [0.15, 0.2) is 48.5 Å². The minimum Gasteiger partial charge on any atom is -0.476 e. The summed E-state index contributed by atoms with van der Waals surface area (Å²) in [6.45, 7) is 1.61. The van der Waals surface area contributed by atoms with Crippen LogP contribution in [0.3, 0.4) is 0 Å². The molecule has 148 valence electrons. The van der Waals surface area contributed by atoms with Crippen molar-refractivity contribution in [3.63, 3.8) is 0 Å². The van der Waals surface area contributed by atoms with Crippen molar-refractivity contribution in [2.24, 2.45) is 0 Å². The van der Waals surface area contributed by atoms with Gasteiger partial charge in [0.1, 0.15) is 5.75 Å². The number of ether oxygens (including phenoxy) is 1. The van der Waals surface area contributed by atoms with Gasteiger partial charge in [-0.05, 0) is 29.8 Å². The molecule has 2 amide bonds. The first kappa shape index (κ1) is 19.7. The van der Waals surface area contributed by atoms with Crippen molar-refractivity contribution in [2.75, 3.05) is 18.5 Å². The maximum atomic E-state index is 12.8. The summed E-state index contributed by atoms with van der Waals surface area (Å²) in [5, 5.41) is 0. The van der Waals surface area contributed by atoms with Crippen LogP contribution in [0.2, 0.25) is 0 Å². The van der Waals surface area contributed by atoms with Crippen LogP contribution in [0, 0.1) is 0 Å². The first-order valence-electron chi connectivity index (χ1n) is 8.61. The Kier molecular flexibility index (Phi) is 5.31. The van der Waals surface area contributed by atoms with Gasteiger partial charge in [-0.2, -0.15) is 13.2 Å². The van der Waals surface area contributed by atoms with E-state index in [1.807, 2.05) is 0 Å². The molecule has 0 spiro atoms. The minimum atomic E-state index is -4.40. The maximum Gasteiger partial charge on any atom is 0.416 e. The van der Waals surface area contributed by atoms with E-state index in [4.69, 9.17) is 4.74 Å². The van der Waals surface area contributed by atoms with Crippen LogP contribution >= 0.6 is 0 Å². The van der Waals surface area contributed by atoms with Gasteiger partial charge < -0.3 is 14.5 Å². The quantitative estimate of drug-likeness (QED) is 0.804. The molecule has 2 aromatic carbocycles. The molecule has 8 heteroatoms. The highest BCUT2D eigenvalue weighted by molar-refractivity contribution is 5.95. The van der Waals surface area contributed by atoms with Gasteiger partial charge in [-0.3, -0.25) is 9.59 Å². The molecule has 0 bridgehead atoms. The van der Waals surface area contributed by atoms with Gasteiger partial charge in [0, 0.05) is 20.5 Å². The summed E-state index contributed by atoms with van der Waals surface area (Å²) in [6, 6.07) is 11.6. The molecule has 2 aromatic rings. The van der Waals surface area contributed by atoms with Crippen molar-refractivity contribution >= 4 is 17.5 Å². The molecular weight excluding hydrogens is 373 g/mol. The second kappa shape index (κ2) is 7.53. The second-order valence-electron chi connectivity index (χ2n) is 6.59. The number of hydrogen-bond donors (Lipinski definition) is 0. The molecule has 0 fully saturated rings. The summed E-state index contributed by atoms with van der Waals surface area (Å²) in [5.41, 5.74) is 0.419. The molecule has 28 heavy (non-hydrogen) atoms. The van der Waals surface area contributed by atoms with Gasteiger partial charge in [0.25, 0.3) is 5.91 Å². The van der Waals surface area contributed by atoms with Gasteiger partial charge in [0.05, 0.1) is 17.8 Å². The zero-order chi connectivity index (χ0) is 20.5. The van der Waals surface area contributed by atoms with Crippen LogP contribution in [0.4, 0.5) is 18.9 Å². The molecule has 5 nitrogen and oxygen atoms in total. The third-order valence-electron chi connectivity index (χ3n) is 4.51. The molecule has 1 unspecified atom stereocenters. The predicted octanol–water partition coefficient (Wildman–Crippen LogP) is 3.48. The van der Waals surface area contributed by atoms with Crippen LogP contribution in [0.5, 0.6) is 5.75 Å². The van der Waals surface area contributed by atoms with Gasteiger partial charge in [0.15, 0.2) is 6.10 Å². The Balaban J connectivity index is 1.72. The number of likely N-dealkylation sites (N-methyl/N-ethyl adjacent to an activating group) is 1. The topological polar surface area (TPSA) is 49.9 Å². The molecule has 1 aliphatic heterocycles. The molecule has 3 rings (SSSR count). The van der Waals surface area contributed by atoms with E-state index in [9.17, 15) is 22.8 Å². The van der Waals surface area contributed by atoms with Crippen LogP contribution in [-0.2, 0) is 22.3 Å². The van der Waals surface area contributed by atoms with Gasteiger partial charge in [0.2, 0.25) is 5.91 Å². The zero-order valence-electron chi connectivity index (χ0n) is 15.4. The molecule has 0 N–H and O–H groups in total. The summed E-state index contributed by atoms with van der Waals surface area (Å²) in [7, 11) is 1.54. The number of carbonyl (C=O) groups excluding carboxylic acids is 2. The summed E-state index contributed by atoms with van der Waals surface area (Å²) in [5.74, 6) is -0.134. The maximum absolute atomic E-state index is 12.8. The lowest BCUT2D eigenvalue weighted by atomic mass is 10.1. The summed E-state index contributed by atoms with van der Waals surface area (Å²) >= 11 is 0. The molecule has 1 atom stereocenters. The molecule has 0 saturated heterocycles. The van der Waals surface area contributed by atoms with Crippen molar-refractivity contribution in [3.8, 4) is 5.75 Å². The van der Waals surface area contributed by atoms with E-state index in [-0.39, 0.29) is 24.9 Å². The predicted molar refractivity (Wildman–Crippen MR) is 96.8 cm³/mol. The molecule has 0 saturated carbocycles. The Hall–Kier alpha value is -3.03. The highest BCUT2D eigenvalue weighted by Gasteiger charge is 2.34. The lowest BCUT2D eigenvalue weighted by molar-refractivity contribution is -0.139. The number of anilines is 1. The molecular formula is C20H19F3N2O3. The highest BCUT2D eigenvalue weighted by Crippen LogP contribution is 2.33. The summed E-state index contributed by atoms with van der Waals surface area (Å²) < 4.78 is 43.8. The van der Waals surface area contributed by atoms with Crippen molar-refractivity contribution in [1.82, 2.24) is 4.90 Å². The van der Waals surface area contributed by atoms with Crippen molar-refractivity contribution in [3.05, 3.63) is 59.7 Å². The first-order chi connectivity index (χ1) is 13.2. The number of fused-ring (bicyclic) bond motifs is 1. The SMILES string of the molecule is CC(=O)N1CC(C(=O)N(C)Cc2ccc(C(F)(F)F)cc2)Oc2ccccc21. The third kappa shape index (κ3) is 4.11. The van der Waals surface area contributed by atoms with E-state index < -0.39 is 17.8 Å². The molecule has 1 aliphatic rings. The largest absolute Gasteiger partial charge is 0.476 e. The number of alkyl halides is 3. The number of rotatable bonds is 3. The summed E-state index contributed by atoms with van der Waals surface area (Å²) in [4.78, 5) is 27.6. The van der Waals surface area contributed by atoms with Gasteiger partial charge in [-0.25, -0.2) is 0 Å².